The molecular formula is C16H21F2N3OS. The van der Waals surface area contributed by atoms with E-state index in [1.54, 1.807) is 0 Å². The number of carbonyl (C=O) groups is 1. The van der Waals surface area contributed by atoms with Gasteiger partial charge in [0.25, 0.3) is 0 Å². The van der Waals surface area contributed by atoms with E-state index in [0.717, 1.165) is 18.6 Å². The average molecular weight is 341 g/mol. The summed E-state index contributed by atoms with van der Waals surface area (Å²) < 4.78 is 25.9. The Morgan fingerprint density at radius 2 is 2.00 bits per heavy atom. The lowest BCUT2D eigenvalue weighted by molar-refractivity contribution is -0.115. The van der Waals surface area contributed by atoms with Gasteiger partial charge < -0.3 is 16.0 Å². The van der Waals surface area contributed by atoms with Gasteiger partial charge in [0.2, 0.25) is 5.91 Å². The van der Waals surface area contributed by atoms with Crippen molar-refractivity contribution in [2.75, 3.05) is 11.9 Å². The molecule has 2 rings (SSSR count). The number of rotatable bonds is 4. The zero-order valence-corrected chi connectivity index (χ0v) is 13.8. The number of halogens is 2. The molecule has 0 bridgehead atoms. The Bertz CT molecular complexity index is 582. The number of hydrogen-bond acceptors (Lipinski definition) is 2. The molecular weight excluding hydrogens is 320 g/mol. The van der Waals surface area contributed by atoms with Crippen LogP contribution in [0.3, 0.4) is 0 Å². The first-order valence-corrected chi connectivity index (χ1v) is 8.16. The van der Waals surface area contributed by atoms with Gasteiger partial charge in [0.05, 0.1) is 6.54 Å². The van der Waals surface area contributed by atoms with Gasteiger partial charge in [0.15, 0.2) is 16.7 Å². The third-order valence-electron chi connectivity index (χ3n) is 4.04. The Labute approximate surface area is 140 Å². The summed E-state index contributed by atoms with van der Waals surface area (Å²) in [5.41, 5.74) is 0.204. The van der Waals surface area contributed by atoms with Gasteiger partial charge in [-0.1, -0.05) is 19.8 Å². The van der Waals surface area contributed by atoms with Crippen LogP contribution in [-0.4, -0.2) is 23.6 Å². The maximum absolute atomic E-state index is 13.1. The highest BCUT2D eigenvalue weighted by Gasteiger charge is 2.21. The Balaban J connectivity index is 1.75. The van der Waals surface area contributed by atoms with E-state index in [4.69, 9.17) is 12.2 Å². The minimum atomic E-state index is -1.00. The largest absolute Gasteiger partial charge is 0.360 e. The molecule has 1 aliphatic carbocycles. The van der Waals surface area contributed by atoms with Gasteiger partial charge in [-0.2, -0.15) is 0 Å². The summed E-state index contributed by atoms with van der Waals surface area (Å²) in [5, 5.41) is 8.99. The van der Waals surface area contributed by atoms with Crippen LogP contribution in [0.15, 0.2) is 18.2 Å². The number of hydrogen-bond donors (Lipinski definition) is 3. The van der Waals surface area contributed by atoms with Crippen molar-refractivity contribution in [3.8, 4) is 0 Å². The van der Waals surface area contributed by atoms with Crippen molar-refractivity contribution in [3.05, 3.63) is 29.8 Å². The highest BCUT2D eigenvalue weighted by Crippen LogP contribution is 2.23. The molecule has 0 aromatic heterocycles. The van der Waals surface area contributed by atoms with Gasteiger partial charge in [-0.3, -0.25) is 4.79 Å². The van der Waals surface area contributed by atoms with Crippen LogP contribution in [0.2, 0.25) is 0 Å². The minimum Gasteiger partial charge on any atom is -0.360 e. The SMILES string of the molecule is C[C@@H]1CCCC[C@@H]1NC(=S)NCC(=O)Nc1ccc(F)c(F)c1. The van der Waals surface area contributed by atoms with Gasteiger partial charge in [0.1, 0.15) is 0 Å². The lowest BCUT2D eigenvalue weighted by Gasteiger charge is -2.30. The van der Waals surface area contributed by atoms with Crippen LogP contribution in [0, 0.1) is 17.6 Å². The van der Waals surface area contributed by atoms with Gasteiger partial charge in [-0.15, -0.1) is 0 Å². The van der Waals surface area contributed by atoms with Crippen LogP contribution in [0.25, 0.3) is 0 Å². The van der Waals surface area contributed by atoms with E-state index in [-0.39, 0.29) is 18.1 Å². The van der Waals surface area contributed by atoms with E-state index in [0.29, 0.717) is 17.1 Å². The summed E-state index contributed by atoms with van der Waals surface area (Å²) in [6.45, 7) is 2.15. The second kappa shape index (κ2) is 8.19. The fourth-order valence-corrected chi connectivity index (χ4v) is 2.91. The molecule has 0 unspecified atom stereocenters. The monoisotopic (exact) mass is 341 g/mol. The molecule has 7 heteroatoms. The number of nitrogens with one attached hydrogen (secondary N) is 3. The summed E-state index contributed by atoms with van der Waals surface area (Å²) >= 11 is 5.20. The van der Waals surface area contributed by atoms with E-state index in [2.05, 4.69) is 22.9 Å². The summed E-state index contributed by atoms with van der Waals surface area (Å²) in [5.74, 6) is -1.77. The van der Waals surface area contributed by atoms with Crippen LogP contribution >= 0.6 is 12.2 Å². The van der Waals surface area contributed by atoms with Crippen LogP contribution in [0.4, 0.5) is 14.5 Å². The van der Waals surface area contributed by atoms with Crippen molar-refractivity contribution in [2.24, 2.45) is 5.92 Å². The van der Waals surface area contributed by atoms with Crippen molar-refractivity contribution in [1.29, 1.82) is 0 Å². The molecule has 126 valence electrons. The molecule has 1 aliphatic rings. The lowest BCUT2D eigenvalue weighted by Crippen LogP contribution is -2.47. The molecule has 0 spiro atoms. The van der Waals surface area contributed by atoms with Crippen LogP contribution in [0.5, 0.6) is 0 Å². The van der Waals surface area contributed by atoms with Gasteiger partial charge >= 0.3 is 0 Å². The summed E-state index contributed by atoms with van der Waals surface area (Å²) in [6.07, 6.45) is 4.68. The Morgan fingerprint density at radius 1 is 1.26 bits per heavy atom. The third-order valence-corrected chi connectivity index (χ3v) is 4.30. The topological polar surface area (TPSA) is 53.2 Å². The molecule has 2 atom stereocenters. The molecule has 0 saturated heterocycles. The molecule has 3 N–H and O–H groups in total. The molecule has 1 aromatic rings. The standard InChI is InChI=1S/C16H21F2N3OS/c1-10-4-2-3-5-14(10)21-16(23)19-9-15(22)20-11-6-7-12(17)13(18)8-11/h6-8,10,14H,2-5,9H2,1H3,(H,20,22)(H2,19,21,23)/t10-,14+/m1/s1. The maximum atomic E-state index is 13.1. The first kappa shape index (κ1) is 17.6. The Kier molecular flexibility index (Phi) is 6.27. The van der Waals surface area contributed by atoms with Gasteiger partial charge in [0, 0.05) is 17.8 Å². The summed E-state index contributed by atoms with van der Waals surface area (Å²) in [6, 6.07) is 3.54. The molecule has 4 nitrogen and oxygen atoms in total. The van der Waals surface area contributed by atoms with Gasteiger partial charge in [-0.25, -0.2) is 8.78 Å². The number of amides is 1. The van der Waals surface area contributed by atoms with E-state index in [1.807, 2.05) is 0 Å². The molecule has 1 fully saturated rings. The fraction of sp³-hybridized carbons (Fsp3) is 0.500. The zero-order chi connectivity index (χ0) is 16.8. The van der Waals surface area contributed by atoms with Gasteiger partial charge in [-0.05, 0) is 43.1 Å². The quantitative estimate of drug-likeness (QED) is 0.737. The first-order valence-electron chi connectivity index (χ1n) is 7.75. The Hall–Kier alpha value is -1.76. The van der Waals surface area contributed by atoms with Crippen LogP contribution < -0.4 is 16.0 Å². The van der Waals surface area contributed by atoms with Crippen LogP contribution in [-0.2, 0) is 4.79 Å². The smallest absolute Gasteiger partial charge is 0.243 e. The second-order valence-electron chi connectivity index (χ2n) is 5.87. The minimum absolute atomic E-state index is 0.0358. The molecule has 1 amide bonds. The second-order valence-corrected chi connectivity index (χ2v) is 6.28. The zero-order valence-electron chi connectivity index (χ0n) is 13.0. The van der Waals surface area contributed by atoms with Crippen molar-refractivity contribution in [3.63, 3.8) is 0 Å². The van der Waals surface area contributed by atoms with Crippen molar-refractivity contribution < 1.29 is 13.6 Å². The fourth-order valence-electron chi connectivity index (χ4n) is 2.69. The molecule has 0 radical (unpaired) electrons. The molecule has 23 heavy (non-hydrogen) atoms. The predicted molar refractivity (Wildman–Crippen MR) is 90.1 cm³/mol. The average Bonchev–Trinajstić information content (AvgIpc) is 2.51. The van der Waals surface area contributed by atoms with Crippen molar-refractivity contribution in [1.82, 2.24) is 10.6 Å². The summed E-state index contributed by atoms with van der Waals surface area (Å²) in [7, 11) is 0. The predicted octanol–water partition coefficient (Wildman–Crippen LogP) is 2.95. The third kappa shape index (κ3) is 5.42. The lowest BCUT2D eigenvalue weighted by atomic mass is 9.86. The van der Waals surface area contributed by atoms with Crippen molar-refractivity contribution >= 4 is 28.9 Å². The normalized spacial score (nSPS) is 20.7. The molecule has 0 heterocycles. The van der Waals surface area contributed by atoms with Crippen molar-refractivity contribution in [2.45, 2.75) is 38.6 Å². The van der Waals surface area contributed by atoms with E-state index in [1.165, 1.54) is 25.3 Å². The number of thiocarbonyl (C=S) groups is 1. The molecule has 0 aliphatic heterocycles. The first-order chi connectivity index (χ1) is 11.0. The number of benzene rings is 1. The summed E-state index contributed by atoms with van der Waals surface area (Å²) in [4.78, 5) is 11.8. The maximum Gasteiger partial charge on any atom is 0.243 e. The molecule has 1 aromatic carbocycles. The number of anilines is 1. The highest BCUT2D eigenvalue weighted by atomic mass is 32.1. The molecule has 1 saturated carbocycles. The highest BCUT2D eigenvalue weighted by molar-refractivity contribution is 7.80. The van der Waals surface area contributed by atoms with Crippen LogP contribution in [0.1, 0.15) is 32.6 Å². The van der Waals surface area contributed by atoms with E-state index >= 15 is 0 Å². The van der Waals surface area contributed by atoms with E-state index in [9.17, 15) is 13.6 Å². The van der Waals surface area contributed by atoms with E-state index < -0.39 is 11.6 Å². The Morgan fingerprint density at radius 3 is 2.70 bits per heavy atom. The number of carbonyl (C=O) groups excluding carboxylic acids is 1.